The van der Waals surface area contributed by atoms with Crippen molar-refractivity contribution in [1.29, 1.82) is 0 Å². The Morgan fingerprint density at radius 2 is 2.00 bits per heavy atom. The first-order valence-corrected chi connectivity index (χ1v) is 8.35. The number of amides is 1. The minimum Gasteiger partial charge on any atom is -0.497 e. The lowest BCUT2D eigenvalue weighted by molar-refractivity contribution is 0.0790. The molecular formula is C18H16ClNO2S. The van der Waals surface area contributed by atoms with Crippen LogP contribution in [0.1, 0.15) is 15.2 Å². The van der Waals surface area contributed by atoms with Crippen LogP contribution < -0.4 is 4.74 Å². The van der Waals surface area contributed by atoms with E-state index in [0.717, 1.165) is 21.4 Å². The van der Waals surface area contributed by atoms with Crippen LogP contribution in [0.2, 0.25) is 5.02 Å². The second kappa shape index (κ2) is 6.60. The maximum Gasteiger partial charge on any atom is 0.265 e. The van der Waals surface area contributed by atoms with Crippen LogP contribution in [-0.2, 0) is 6.54 Å². The number of methoxy groups -OCH3 is 1. The van der Waals surface area contributed by atoms with Gasteiger partial charge in [0, 0.05) is 23.7 Å². The number of nitrogens with zero attached hydrogens (tertiary/aromatic N) is 1. The monoisotopic (exact) mass is 345 g/mol. The van der Waals surface area contributed by atoms with E-state index in [1.807, 2.05) is 48.5 Å². The largest absolute Gasteiger partial charge is 0.497 e. The van der Waals surface area contributed by atoms with Crippen molar-refractivity contribution in [2.75, 3.05) is 14.2 Å². The van der Waals surface area contributed by atoms with Crippen LogP contribution in [0.3, 0.4) is 0 Å². The zero-order valence-corrected chi connectivity index (χ0v) is 14.4. The molecule has 3 rings (SSSR count). The molecule has 1 amide bonds. The lowest BCUT2D eigenvalue weighted by Gasteiger charge is -2.17. The zero-order valence-electron chi connectivity index (χ0n) is 12.9. The van der Waals surface area contributed by atoms with E-state index in [4.69, 9.17) is 16.3 Å². The summed E-state index contributed by atoms with van der Waals surface area (Å²) >= 11 is 7.82. The normalized spacial score (nSPS) is 10.7. The quantitative estimate of drug-likeness (QED) is 0.677. The molecule has 0 N–H and O–H groups in total. The summed E-state index contributed by atoms with van der Waals surface area (Å²) in [5.74, 6) is 0.710. The van der Waals surface area contributed by atoms with E-state index in [1.54, 1.807) is 19.1 Å². The highest BCUT2D eigenvalue weighted by Gasteiger charge is 2.20. The van der Waals surface area contributed by atoms with Crippen molar-refractivity contribution < 1.29 is 9.53 Å². The van der Waals surface area contributed by atoms with Crippen LogP contribution in [0.15, 0.2) is 48.5 Å². The molecular weight excluding hydrogens is 330 g/mol. The number of ether oxygens (including phenoxy) is 1. The molecule has 118 valence electrons. The summed E-state index contributed by atoms with van der Waals surface area (Å²) in [5.41, 5.74) is 1.01. The van der Waals surface area contributed by atoms with E-state index in [0.29, 0.717) is 16.4 Å². The minimum absolute atomic E-state index is 0.0704. The smallest absolute Gasteiger partial charge is 0.265 e. The third-order valence-electron chi connectivity index (χ3n) is 3.63. The highest BCUT2D eigenvalue weighted by Crippen LogP contribution is 2.35. The molecule has 1 heterocycles. The minimum atomic E-state index is -0.0704. The molecule has 3 aromatic rings. The van der Waals surface area contributed by atoms with Crippen LogP contribution in [0.5, 0.6) is 5.75 Å². The van der Waals surface area contributed by atoms with E-state index in [-0.39, 0.29) is 5.91 Å². The number of hydrogen-bond donors (Lipinski definition) is 0. The molecule has 1 aromatic heterocycles. The molecule has 2 aromatic carbocycles. The van der Waals surface area contributed by atoms with Gasteiger partial charge in [-0.25, -0.2) is 0 Å². The summed E-state index contributed by atoms with van der Waals surface area (Å²) in [7, 11) is 3.41. The lowest BCUT2D eigenvalue weighted by Crippen LogP contribution is -2.25. The molecule has 0 spiro atoms. The molecule has 0 saturated carbocycles. The van der Waals surface area contributed by atoms with Gasteiger partial charge in [0.2, 0.25) is 0 Å². The van der Waals surface area contributed by atoms with Gasteiger partial charge in [-0.2, -0.15) is 0 Å². The number of fused-ring (bicyclic) bond motifs is 1. The van der Waals surface area contributed by atoms with E-state index in [1.165, 1.54) is 11.3 Å². The fourth-order valence-electron chi connectivity index (χ4n) is 2.44. The van der Waals surface area contributed by atoms with Gasteiger partial charge in [-0.15, -0.1) is 11.3 Å². The van der Waals surface area contributed by atoms with Gasteiger partial charge in [-0.3, -0.25) is 4.79 Å². The van der Waals surface area contributed by atoms with Gasteiger partial charge in [-0.05, 0) is 23.8 Å². The predicted molar refractivity (Wildman–Crippen MR) is 95.6 cm³/mol. The van der Waals surface area contributed by atoms with Crippen molar-refractivity contribution in [1.82, 2.24) is 4.90 Å². The fourth-order valence-corrected chi connectivity index (χ4v) is 3.95. The van der Waals surface area contributed by atoms with Gasteiger partial charge in [0.1, 0.15) is 10.6 Å². The first kappa shape index (κ1) is 15.8. The number of carbonyl (C=O) groups excluding carboxylic acids is 1. The van der Waals surface area contributed by atoms with Gasteiger partial charge in [-0.1, -0.05) is 41.9 Å². The summed E-state index contributed by atoms with van der Waals surface area (Å²) < 4.78 is 6.24. The Hall–Kier alpha value is -2.04. The number of hydrogen-bond acceptors (Lipinski definition) is 3. The van der Waals surface area contributed by atoms with Crippen LogP contribution >= 0.6 is 22.9 Å². The highest BCUT2D eigenvalue weighted by molar-refractivity contribution is 7.21. The zero-order chi connectivity index (χ0) is 16.4. The Labute approximate surface area is 144 Å². The number of thiophene rings is 1. The van der Waals surface area contributed by atoms with Crippen molar-refractivity contribution in [2.45, 2.75) is 6.54 Å². The van der Waals surface area contributed by atoms with E-state index >= 15 is 0 Å². The summed E-state index contributed by atoms with van der Waals surface area (Å²) in [4.78, 5) is 15.0. The molecule has 0 aliphatic carbocycles. The molecule has 23 heavy (non-hydrogen) atoms. The third kappa shape index (κ3) is 3.19. The number of carbonyl (C=O) groups is 1. The van der Waals surface area contributed by atoms with E-state index in [9.17, 15) is 4.79 Å². The van der Waals surface area contributed by atoms with Crippen LogP contribution in [-0.4, -0.2) is 25.0 Å². The van der Waals surface area contributed by atoms with Gasteiger partial charge in [0.25, 0.3) is 5.91 Å². The number of benzene rings is 2. The maximum atomic E-state index is 12.7. The third-order valence-corrected chi connectivity index (χ3v) is 5.29. The van der Waals surface area contributed by atoms with Gasteiger partial charge < -0.3 is 9.64 Å². The highest BCUT2D eigenvalue weighted by atomic mass is 35.5. The topological polar surface area (TPSA) is 29.5 Å². The van der Waals surface area contributed by atoms with Crippen molar-refractivity contribution >= 4 is 38.9 Å². The molecule has 5 heteroatoms. The predicted octanol–water partition coefficient (Wildman–Crippen LogP) is 4.84. The molecule has 0 fully saturated rings. The maximum absolute atomic E-state index is 12.7. The van der Waals surface area contributed by atoms with E-state index in [2.05, 4.69) is 0 Å². The average Bonchev–Trinajstić information content (AvgIpc) is 2.91. The molecule has 0 atom stereocenters. The Bertz CT molecular complexity index is 859. The number of rotatable bonds is 4. The molecule has 3 nitrogen and oxygen atoms in total. The summed E-state index contributed by atoms with van der Waals surface area (Å²) in [6.07, 6.45) is 0. The first-order valence-electron chi connectivity index (χ1n) is 7.15. The van der Waals surface area contributed by atoms with Gasteiger partial charge in [0.15, 0.2) is 0 Å². The second-order valence-electron chi connectivity index (χ2n) is 5.25. The fraction of sp³-hybridized carbons (Fsp3) is 0.167. The Morgan fingerprint density at radius 3 is 2.74 bits per heavy atom. The summed E-state index contributed by atoms with van der Waals surface area (Å²) in [6.45, 7) is 0.501. The summed E-state index contributed by atoms with van der Waals surface area (Å²) in [6, 6.07) is 15.5. The standard InChI is InChI=1S/C18H16ClNO2S/c1-20(11-12-6-5-7-13(10-12)22-2)18(21)17-16(19)14-8-3-4-9-15(14)23-17/h3-10H,11H2,1-2H3. The van der Waals surface area contributed by atoms with E-state index < -0.39 is 0 Å². The van der Waals surface area contributed by atoms with Crippen LogP contribution in [0.4, 0.5) is 0 Å². The van der Waals surface area contributed by atoms with Crippen molar-refractivity contribution in [3.8, 4) is 5.75 Å². The Kier molecular flexibility index (Phi) is 4.55. The SMILES string of the molecule is COc1cccc(CN(C)C(=O)c2sc3ccccc3c2Cl)c1. The van der Waals surface area contributed by atoms with Crippen molar-refractivity contribution in [3.63, 3.8) is 0 Å². The number of halogens is 1. The Balaban J connectivity index is 1.84. The molecule has 0 radical (unpaired) electrons. The van der Waals surface area contributed by atoms with Crippen molar-refractivity contribution in [2.24, 2.45) is 0 Å². The molecule has 0 saturated heterocycles. The van der Waals surface area contributed by atoms with Crippen LogP contribution in [0.25, 0.3) is 10.1 Å². The van der Waals surface area contributed by atoms with Crippen LogP contribution in [0, 0.1) is 0 Å². The Morgan fingerprint density at radius 1 is 1.22 bits per heavy atom. The van der Waals surface area contributed by atoms with Crippen molar-refractivity contribution in [3.05, 3.63) is 64.0 Å². The lowest BCUT2D eigenvalue weighted by atomic mass is 10.2. The second-order valence-corrected chi connectivity index (χ2v) is 6.68. The molecule has 0 unspecified atom stereocenters. The van der Waals surface area contributed by atoms with Gasteiger partial charge >= 0.3 is 0 Å². The summed E-state index contributed by atoms with van der Waals surface area (Å²) in [5, 5.41) is 1.46. The average molecular weight is 346 g/mol. The molecule has 0 aliphatic heterocycles. The molecule has 0 aliphatic rings. The molecule has 0 bridgehead atoms. The first-order chi connectivity index (χ1) is 11.1. The van der Waals surface area contributed by atoms with Gasteiger partial charge in [0.05, 0.1) is 12.1 Å².